The fraction of sp³-hybridized carbons (Fsp3) is 0.583. The van der Waals surface area contributed by atoms with Gasteiger partial charge in [-0.1, -0.05) is 11.8 Å². The van der Waals surface area contributed by atoms with E-state index in [2.05, 4.69) is 38.4 Å². The Labute approximate surface area is 124 Å². The van der Waals surface area contributed by atoms with Crippen LogP contribution in [0.5, 0.6) is 0 Å². The second-order valence-electron chi connectivity index (χ2n) is 4.63. The molecular weight excluding hydrogens is 332 g/mol. The fourth-order valence-electron chi connectivity index (χ4n) is 2.21. The number of nitrogens with one attached hydrogen (secondary N) is 1. The molecule has 0 bridgehead atoms. The number of thiophene rings is 1. The minimum Gasteiger partial charge on any atom is -0.381 e. The van der Waals surface area contributed by atoms with Crippen molar-refractivity contribution in [1.82, 2.24) is 5.32 Å². The predicted octanol–water partition coefficient (Wildman–Crippen LogP) is 3.25. The van der Waals surface area contributed by atoms with E-state index >= 15 is 0 Å². The third kappa shape index (κ3) is 2.92. The summed E-state index contributed by atoms with van der Waals surface area (Å²) in [6, 6.07) is 4.21. The predicted molar refractivity (Wildman–Crippen MR) is 81.5 cm³/mol. The van der Waals surface area contributed by atoms with Crippen LogP contribution in [0.25, 0.3) is 0 Å². The minimum absolute atomic E-state index is 0.248. The molecule has 1 spiro atoms. The molecule has 0 aliphatic carbocycles. The molecule has 0 aromatic carbocycles. The lowest BCUT2D eigenvalue weighted by Crippen LogP contribution is -2.48. The van der Waals surface area contributed by atoms with Crippen LogP contribution in [-0.4, -0.2) is 29.7 Å². The molecule has 1 aromatic heterocycles. The Morgan fingerprint density at radius 3 is 2.94 bits per heavy atom. The molecule has 1 aromatic rings. The van der Waals surface area contributed by atoms with Crippen molar-refractivity contribution in [3.05, 3.63) is 20.8 Å². The highest BCUT2D eigenvalue weighted by atomic mass is 79.9. The van der Waals surface area contributed by atoms with Gasteiger partial charge in [0.2, 0.25) is 0 Å². The lowest BCUT2D eigenvalue weighted by Gasteiger charge is -2.32. The highest BCUT2D eigenvalue weighted by Crippen LogP contribution is 2.32. The molecule has 2 aliphatic heterocycles. The molecule has 0 amide bonds. The molecule has 3 nitrogen and oxygen atoms in total. The summed E-state index contributed by atoms with van der Waals surface area (Å²) >= 11 is 7.08. The van der Waals surface area contributed by atoms with E-state index in [4.69, 9.17) is 4.74 Å². The molecule has 2 saturated heterocycles. The van der Waals surface area contributed by atoms with Crippen LogP contribution >= 0.6 is 39.0 Å². The Hall–Kier alpha value is -0.0400. The SMILES string of the molecule is Brc1ccc(CN=C2NC3(CCOCC3)CS2)s1. The van der Waals surface area contributed by atoms with Crippen LogP contribution in [0.15, 0.2) is 20.9 Å². The van der Waals surface area contributed by atoms with Crippen molar-refractivity contribution in [2.24, 2.45) is 4.99 Å². The number of hydrogen-bond donors (Lipinski definition) is 1. The van der Waals surface area contributed by atoms with Crippen molar-refractivity contribution in [3.8, 4) is 0 Å². The number of halogens is 1. The molecule has 0 atom stereocenters. The molecule has 0 saturated carbocycles. The molecule has 3 heterocycles. The van der Waals surface area contributed by atoms with Crippen LogP contribution in [0.3, 0.4) is 0 Å². The van der Waals surface area contributed by atoms with Gasteiger partial charge in [0.25, 0.3) is 0 Å². The van der Waals surface area contributed by atoms with E-state index in [1.54, 1.807) is 11.3 Å². The highest BCUT2D eigenvalue weighted by molar-refractivity contribution is 9.11. The topological polar surface area (TPSA) is 33.6 Å². The van der Waals surface area contributed by atoms with Crippen LogP contribution in [0.2, 0.25) is 0 Å². The monoisotopic (exact) mass is 346 g/mol. The first kappa shape index (κ1) is 13.0. The zero-order valence-corrected chi connectivity index (χ0v) is 13.2. The number of nitrogens with zero attached hydrogens (tertiary/aromatic N) is 1. The average Bonchev–Trinajstić information content (AvgIpc) is 2.96. The molecule has 98 valence electrons. The van der Waals surface area contributed by atoms with Crippen LogP contribution < -0.4 is 5.32 Å². The summed E-state index contributed by atoms with van der Waals surface area (Å²) in [5, 5.41) is 4.71. The molecule has 0 unspecified atom stereocenters. The van der Waals surface area contributed by atoms with E-state index in [0.29, 0.717) is 0 Å². The van der Waals surface area contributed by atoms with Gasteiger partial charge < -0.3 is 10.1 Å². The van der Waals surface area contributed by atoms with Crippen LogP contribution in [0, 0.1) is 0 Å². The van der Waals surface area contributed by atoms with Gasteiger partial charge in [-0.2, -0.15) is 0 Å². The number of thioether (sulfide) groups is 1. The van der Waals surface area contributed by atoms with E-state index in [1.165, 1.54) is 8.66 Å². The van der Waals surface area contributed by atoms with E-state index in [1.807, 2.05) is 11.8 Å². The summed E-state index contributed by atoms with van der Waals surface area (Å²) in [6.07, 6.45) is 2.20. The highest BCUT2D eigenvalue weighted by Gasteiger charge is 2.38. The standard InChI is InChI=1S/C12H15BrN2OS2/c13-10-2-1-9(18-10)7-14-11-15-12(8-17-11)3-5-16-6-4-12/h1-2H,3-8H2,(H,14,15). The van der Waals surface area contributed by atoms with Crippen molar-refractivity contribution in [3.63, 3.8) is 0 Å². The van der Waals surface area contributed by atoms with E-state index < -0.39 is 0 Å². The summed E-state index contributed by atoms with van der Waals surface area (Å²) in [5.74, 6) is 1.13. The summed E-state index contributed by atoms with van der Waals surface area (Å²) in [6.45, 7) is 2.52. The number of rotatable bonds is 2. The Kier molecular flexibility index (Phi) is 3.98. The number of aliphatic imine (C=N–C) groups is 1. The average molecular weight is 347 g/mol. The van der Waals surface area contributed by atoms with Gasteiger partial charge in [-0.15, -0.1) is 11.3 Å². The van der Waals surface area contributed by atoms with Gasteiger partial charge in [0.1, 0.15) is 0 Å². The lowest BCUT2D eigenvalue weighted by atomic mass is 9.93. The molecule has 18 heavy (non-hydrogen) atoms. The van der Waals surface area contributed by atoms with Gasteiger partial charge in [-0.05, 0) is 40.9 Å². The quantitative estimate of drug-likeness (QED) is 0.892. The molecule has 6 heteroatoms. The first-order valence-corrected chi connectivity index (χ1v) is 8.63. The molecule has 2 aliphatic rings. The summed E-state index contributed by atoms with van der Waals surface area (Å²) in [5.41, 5.74) is 0.248. The van der Waals surface area contributed by atoms with Crippen LogP contribution in [0.4, 0.5) is 0 Å². The van der Waals surface area contributed by atoms with Crippen molar-refractivity contribution < 1.29 is 4.74 Å². The van der Waals surface area contributed by atoms with Crippen molar-refractivity contribution in [2.75, 3.05) is 19.0 Å². The van der Waals surface area contributed by atoms with Crippen molar-refractivity contribution in [1.29, 1.82) is 0 Å². The van der Waals surface area contributed by atoms with Gasteiger partial charge in [-0.3, -0.25) is 4.99 Å². The van der Waals surface area contributed by atoms with E-state index in [-0.39, 0.29) is 5.54 Å². The molecular formula is C12H15BrN2OS2. The Morgan fingerprint density at radius 1 is 1.39 bits per heavy atom. The smallest absolute Gasteiger partial charge is 0.157 e. The van der Waals surface area contributed by atoms with Crippen molar-refractivity contribution >= 4 is 44.2 Å². The van der Waals surface area contributed by atoms with Crippen molar-refractivity contribution in [2.45, 2.75) is 24.9 Å². The zero-order chi connectivity index (χ0) is 12.4. The molecule has 0 radical (unpaired) electrons. The first-order valence-electron chi connectivity index (χ1n) is 6.03. The largest absolute Gasteiger partial charge is 0.381 e. The Balaban J connectivity index is 1.61. The minimum atomic E-state index is 0.248. The third-order valence-electron chi connectivity index (χ3n) is 3.31. The summed E-state index contributed by atoms with van der Waals surface area (Å²) < 4.78 is 6.60. The van der Waals surface area contributed by atoms with Crippen LogP contribution in [-0.2, 0) is 11.3 Å². The lowest BCUT2D eigenvalue weighted by molar-refractivity contribution is 0.0555. The van der Waals surface area contributed by atoms with Gasteiger partial charge in [0, 0.05) is 23.8 Å². The maximum Gasteiger partial charge on any atom is 0.157 e. The molecule has 3 rings (SSSR count). The number of amidine groups is 1. The Bertz CT molecular complexity index is 455. The van der Waals surface area contributed by atoms with Crippen LogP contribution in [0.1, 0.15) is 17.7 Å². The maximum atomic E-state index is 5.43. The fourth-order valence-corrected chi connectivity index (χ4v) is 4.83. The molecule has 1 N–H and O–H groups in total. The van der Waals surface area contributed by atoms with E-state index in [9.17, 15) is 0 Å². The zero-order valence-electron chi connectivity index (χ0n) is 9.95. The number of hydrogen-bond acceptors (Lipinski definition) is 4. The van der Waals surface area contributed by atoms with Gasteiger partial charge in [-0.25, -0.2) is 0 Å². The first-order chi connectivity index (χ1) is 8.76. The second kappa shape index (κ2) is 5.53. The third-order valence-corrected chi connectivity index (χ3v) is 6.12. The van der Waals surface area contributed by atoms with Gasteiger partial charge in [0.15, 0.2) is 5.17 Å². The Morgan fingerprint density at radius 2 is 2.22 bits per heavy atom. The summed E-state index contributed by atoms with van der Waals surface area (Å²) in [4.78, 5) is 5.97. The van der Waals surface area contributed by atoms with Gasteiger partial charge in [0.05, 0.1) is 15.9 Å². The number of ether oxygens (including phenoxy) is 1. The van der Waals surface area contributed by atoms with Gasteiger partial charge >= 0.3 is 0 Å². The maximum absolute atomic E-state index is 5.43. The second-order valence-corrected chi connectivity index (χ2v) is 8.15. The normalized spacial score (nSPS) is 24.6. The van der Waals surface area contributed by atoms with E-state index in [0.717, 1.165) is 43.5 Å². The summed E-state index contributed by atoms with van der Waals surface area (Å²) in [7, 11) is 0. The molecule has 2 fully saturated rings.